The number of likely N-dealkylation sites (N-methyl/N-ethyl adjacent to an activating group) is 1. The van der Waals surface area contributed by atoms with Gasteiger partial charge in [0.25, 0.3) is 11.8 Å². The second-order valence-electron chi connectivity index (χ2n) is 8.48. The number of aliphatic hydroxyl groups is 5. The van der Waals surface area contributed by atoms with Crippen LogP contribution in [-0.2, 0) is 4.79 Å². The van der Waals surface area contributed by atoms with Crippen molar-refractivity contribution in [1.82, 2.24) is 16.0 Å². The number of benzene rings is 1. The molecule has 5 atom stereocenters. The van der Waals surface area contributed by atoms with Crippen molar-refractivity contribution in [2.75, 3.05) is 34.3 Å². The number of hydrogen-bond donors (Lipinski definition) is 9. The van der Waals surface area contributed by atoms with Gasteiger partial charge < -0.3 is 51.3 Å². The van der Waals surface area contributed by atoms with E-state index in [-0.39, 0.29) is 24.1 Å². The maximum atomic E-state index is 12.4. The Morgan fingerprint density at radius 2 is 1.30 bits per heavy atom. The molecule has 16 heteroatoms. The molecule has 0 aliphatic carbocycles. The quantitative estimate of drug-likeness (QED) is 0.0861. The molecule has 0 fully saturated rings. The standard InChI is InChI=1S/C17H21I3N2O5.C7H17NO5/c1-4-5-6-7-8(17(25)26)27-14-12(19)9(15(23)21-2)11(18)10(13(14)20)16(24)22-3;1-8-2-4(10)6(12)7(13)5(11)3-9/h8H,4-7H2,1-3H3,(H,21,23)(H,22,24)(H,25,26);4-13H,2-3H2,1H3/t;4-,5+,6+,7+/m.0/s1. The van der Waals surface area contributed by atoms with Gasteiger partial charge in [-0.25, -0.2) is 4.79 Å². The highest BCUT2D eigenvalue weighted by Gasteiger charge is 2.31. The van der Waals surface area contributed by atoms with Crippen molar-refractivity contribution in [3.63, 3.8) is 0 Å². The van der Waals surface area contributed by atoms with Crippen LogP contribution < -0.4 is 20.7 Å². The Balaban J connectivity index is 0.000000983. The zero-order chi connectivity index (χ0) is 31.2. The Morgan fingerprint density at radius 1 is 0.825 bits per heavy atom. The number of carboxylic acid groups (broad SMARTS) is 1. The summed E-state index contributed by atoms with van der Waals surface area (Å²) in [5.41, 5.74) is 0.593. The molecule has 0 spiro atoms. The molecule has 0 radical (unpaired) electrons. The zero-order valence-electron chi connectivity index (χ0n) is 22.6. The van der Waals surface area contributed by atoms with Crippen LogP contribution in [0.1, 0.15) is 53.3 Å². The van der Waals surface area contributed by atoms with Gasteiger partial charge in [0.1, 0.15) is 24.1 Å². The summed E-state index contributed by atoms with van der Waals surface area (Å²) in [6.45, 7) is 1.47. The summed E-state index contributed by atoms with van der Waals surface area (Å²) >= 11 is 5.89. The number of rotatable bonds is 15. The average Bonchev–Trinajstić information content (AvgIpc) is 2.92. The van der Waals surface area contributed by atoms with E-state index in [0.29, 0.717) is 28.3 Å². The zero-order valence-corrected chi connectivity index (χ0v) is 29.1. The summed E-state index contributed by atoms with van der Waals surface area (Å²) in [6.07, 6.45) is -3.76. The first-order valence-corrected chi connectivity index (χ1v) is 15.5. The number of aliphatic hydroxyl groups excluding tert-OH is 5. The fourth-order valence-corrected chi connectivity index (χ4v) is 7.64. The second kappa shape index (κ2) is 20.3. The summed E-state index contributed by atoms with van der Waals surface area (Å²) < 4.78 is 7.29. The van der Waals surface area contributed by atoms with E-state index in [1.165, 1.54) is 14.1 Å². The largest absolute Gasteiger partial charge is 0.479 e. The van der Waals surface area contributed by atoms with E-state index in [0.717, 1.165) is 19.3 Å². The van der Waals surface area contributed by atoms with E-state index in [1.807, 2.05) is 74.7 Å². The number of carbonyl (C=O) groups excluding carboxylic acids is 2. The van der Waals surface area contributed by atoms with Gasteiger partial charge in [0.2, 0.25) is 0 Å². The molecular formula is C24H38I3N3O10. The van der Waals surface area contributed by atoms with Crippen LogP contribution in [0.3, 0.4) is 0 Å². The number of unbranched alkanes of at least 4 members (excludes halogenated alkanes) is 2. The van der Waals surface area contributed by atoms with Gasteiger partial charge in [-0.3, -0.25) is 9.59 Å². The van der Waals surface area contributed by atoms with E-state index in [2.05, 4.69) is 16.0 Å². The minimum absolute atomic E-state index is 0.0936. The highest BCUT2D eigenvalue weighted by atomic mass is 127. The predicted octanol–water partition coefficient (Wildman–Crippen LogP) is 0.274. The lowest BCUT2D eigenvalue weighted by Gasteiger charge is -2.25. The lowest BCUT2D eigenvalue weighted by molar-refractivity contribution is -0.145. The number of aliphatic carboxylic acids is 1. The number of nitrogens with one attached hydrogen (secondary N) is 3. The Hall–Kier alpha value is -0.620. The number of ether oxygens (including phenoxy) is 1. The highest BCUT2D eigenvalue weighted by molar-refractivity contribution is 14.1. The van der Waals surface area contributed by atoms with E-state index in [9.17, 15) is 24.6 Å². The molecule has 0 aromatic heterocycles. The van der Waals surface area contributed by atoms with Crippen LogP contribution in [-0.4, -0.2) is 113 Å². The first kappa shape index (κ1) is 39.4. The van der Waals surface area contributed by atoms with E-state index in [4.69, 9.17) is 25.2 Å². The van der Waals surface area contributed by atoms with Gasteiger partial charge in [0, 0.05) is 24.2 Å². The van der Waals surface area contributed by atoms with Crippen LogP contribution >= 0.6 is 67.8 Å². The van der Waals surface area contributed by atoms with Crippen molar-refractivity contribution in [2.24, 2.45) is 0 Å². The molecule has 0 aliphatic rings. The third-order valence-electron chi connectivity index (χ3n) is 5.53. The normalized spacial score (nSPS) is 14.6. The molecular weight excluding hydrogens is 871 g/mol. The smallest absolute Gasteiger partial charge is 0.344 e. The molecule has 0 saturated carbocycles. The topological polar surface area (TPSA) is 218 Å². The van der Waals surface area contributed by atoms with Crippen molar-refractivity contribution in [1.29, 1.82) is 0 Å². The lowest BCUT2D eigenvalue weighted by Crippen LogP contribution is -2.48. The van der Waals surface area contributed by atoms with Crippen molar-refractivity contribution in [3.05, 3.63) is 21.8 Å². The maximum absolute atomic E-state index is 12.4. The monoisotopic (exact) mass is 909 g/mol. The number of amides is 2. The average molecular weight is 909 g/mol. The third kappa shape index (κ3) is 11.6. The molecule has 0 saturated heterocycles. The van der Waals surface area contributed by atoms with Gasteiger partial charge in [0.15, 0.2) is 6.10 Å². The number of hydrogen-bond acceptors (Lipinski definition) is 10. The molecule has 0 heterocycles. The molecule has 1 aromatic carbocycles. The van der Waals surface area contributed by atoms with E-state index in [1.54, 1.807) is 7.05 Å². The minimum Gasteiger partial charge on any atom is -0.479 e. The Labute approximate surface area is 274 Å². The lowest BCUT2D eigenvalue weighted by atomic mass is 10.0. The summed E-state index contributed by atoms with van der Waals surface area (Å²) in [5.74, 6) is -1.56. The molecule has 1 unspecified atom stereocenters. The summed E-state index contributed by atoms with van der Waals surface area (Å²) in [5, 5.41) is 62.1. The van der Waals surface area contributed by atoms with Crippen molar-refractivity contribution in [3.8, 4) is 5.75 Å². The van der Waals surface area contributed by atoms with Gasteiger partial charge in [-0.2, -0.15) is 0 Å². The van der Waals surface area contributed by atoms with Crippen LogP contribution in [0, 0.1) is 10.7 Å². The van der Waals surface area contributed by atoms with E-state index < -0.39 is 43.1 Å². The maximum Gasteiger partial charge on any atom is 0.344 e. The van der Waals surface area contributed by atoms with Gasteiger partial charge in [0.05, 0.1) is 31.0 Å². The summed E-state index contributed by atoms with van der Waals surface area (Å²) in [6, 6.07) is 0. The van der Waals surface area contributed by atoms with Crippen LogP contribution in [0.15, 0.2) is 0 Å². The van der Waals surface area contributed by atoms with Crippen molar-refractivity contribution >= 4 is 85.6 Å². The van der Waals surface area contributed by atoms with Crippen LogP contribution in [0.5, 0.6) is 5.75 Å². The van der Waals surface area contributed by atoms with Crippen LogP contribution in [0.25, 0.3) is 0 Å². The molecule has 9 N–H and O–H groups in total. The van der Waals surface area contributed by atoms with Gasteiger partial charge in [-0.1, -0.05) is 19.8 Å². The number of carbonyl (C=O) groups is 3. The molecule has 0 bridgehead atoms. The van der Waals surface area contributed by atoms with Crippen molar-refractivity contribution < 1.29 is 49.8 Å². The number of halogens is 3. The third-order valence-corrected chi connectivity index (χ3v) is 8.67. The first-order valence-electron chi connectivity index (χ1n) is 12.3. The van der Waals surface area contributed by atoms with Gasteiger partial charge >= 0.3 is 5.97 Å². The summed E-state index contributed by atoms with van der Waals surface area (Å²) in [7, 11) is 4.57. The van der Waals surface area contributed by atoms with Crippen molar-refractivity contribution in [2.45, 2.75) is 63.1 Å². The van der Waals surface area contributed by atoms with E-state index >= 15 is 0 Å². The molecule has 40 heavy (non-hydrogen) atoms. The predicted molar refractivity (Wildman–Crippen MR) is 173 cm³/mol. The molecule has 1 rings (SSSR count). The SMILES string of the molecule is CCCCCC(Oc1c(I)c(C(=O)NC)c(I)c(C(=O)NC)c1I)C(=O)O.CNC[C@H](O)[C@@H](O)[C@H](O)[C@H](O)CO. The Bertz CT molecular complexity index is 943. The molecule has 0 aliphatic heterocycles. The van der Waals surface area contributed by atoms with Gasteiger partial charge in [-0.15, -0.1) is 0 Å². The molecule has 1 aromatic rings. The number of carboxylic acids is 1. The minimum atomic E-state index is -1.55. The Kier molecular flexibility index (Phi) is 20.0. The second-order valence-corrected chi connectivity index (χ2v) is 11.7. The molecule has 230 valence electrons. The molecule has 2 amide bonds. The fourth-order valence-electron chi connectivity index (χ4n) is 3.24. The first-order chi connectivity index (χ1) is 18.7. The fraction of sp³-hybridized carbons (Fsp3) is 0.625. The molecule has 13 nitrogen and oxygen atoms in total. The Morgan fingerprint density at radius 3 is 1.68 bits per heavy atom. The summed E-state index contributed by atoms with van der Waals surface area (Å²) in [4.78, 5) is 36.4. The van der Waals surface area contributed by atoms with Crippen LogP contribution in [0.2, 0.25) is 0 Å². The highest BCUT2D eigenvalue weighted by Crippen LogP contribution is 2.38. The van der Waals surface area contributed by atoms with Crippen LogP contribution in [0.4, 0.5) is 0 Å². The van der Waals surface area contributed by atoms with Gasteiger partial charge in [-0.05, 0) is 87.7 Å².